The first-order valence-corrected chi connectivity index (χ1v) is 9.35. The summed E-state index contributed by atoms with van der Waals surface area (Å²) < 4.78 is 37.3. The number of sulfonamides is 1. The second-order valence-electron chi connectivity index (χ2n) is 5.38. The van der Waals surface area contributed by atoms with Gasteiger partial charge in [-0.3, -0.25) is 4.90 Å². The van der Waals surface area contributed by atoms with Gasteiger partial charge in [0.05, 0.1) is 20.3 Å². The van der Waals surface area contributed by atoms with Crippen LogP contribution < -0.4 is 4.74 Å². The fourth-order valence-electron chi connectivity index (χ4n) is 2.72. The lowest BCUT2D eigenvalue weighted by Gasteiger charge is -2.41. The number of hydrogen-bond donors (Lipinski definition) is 0. The molecule has 0 aliphatic carbocycles. The molecule has 0 atom stereocenters. The molecule has 0 aromatic carbocycles. The van der Waals surface area contributed by atoms with Gasteiger partial charge in [0.25, 0.3) is 10.0 Å². The highest BCUT2D eigenvalue weighted by Gasteiger charge is 2.39. The summed E-state index contributed by atoms with van der Waals surface area (Å²) in [5.41, 5.74) is 0. The zero-order chi connectivity index (χ0) is 14.9. The highest BCUT2D eigenvalue weighted by atomic mass is 32.2. The van der Waals surface area contributed by atoms with Gasteiger partial charge in [-0.25, -0.2) is 8.42 Å². The zero-order valence-corrected chi connectivity index (χ0v) is 13.7. The molecule has 3 heterocycles. The monoisotopic (exact) mass is 332 g/mol. The van der Waals surface area contributed by atoms with E-state index < -0.39 is 10.0 Å². The van der Waals surface area contributed by atoms with E-state index in [4.69, 9.17) is 9.47 Å². The third-order valence-electron chi connectivity index (χ3n) is 3.93. The molecule has 1 aromatic heterocycles. The van der Waals surface area contributed by atoms with Crippen molar-refractivity contribution in [2.24, 2.45) is 5.92 Å². The molecule has 0 radical (unpaired) electrons. The van der Waals surface area contributed by atoms with E-state index in [1.807, 2.05) is 0 Å². The van der Waals surface area contributed by atoms with E-state index in [1.165, 1.54) is 18.4 Å². The third-order valence-corrected chi connectivity index (χ3v) is 7.19. The van der Waals surface area contributed by atoms with Crippen LogP contribution in [0.1, 0.15) is 0 Å². The van der Waals surface area contributed by atoms with E-state index >= 15 is 0 Å². The van der Waals surface area contributed by atoms with Crippen molar-refractivity contribution in [1.29, 1.82) is 0 Å². The maximum Gasteiger partial charge on any atom is 0.256 e. The number of morpholine rings is 1. The zero-order valence-electron chi connectivity index (χ0n) is 12.0. The summed E-state index contributed by atoms with van der Waals surface area (Å²) in [7, 11) is -1.89. The van der Waals surface area contributed by atoms with E-state index in [9.17, 15) is 8.42 Å². The first-order valence-electron chi connectivity index (χ1n) is 7.03. The van der Waals surface area contributed by atoms with Gasteiger partial charge in [-0.05, 0) is 17.4 Å². The molecule has 2 aliphatic heterocycles. The van der Waals surface area contributed by atoms with Crippen molar-refractivity contribution in [3.63, 3.8) is 0 Å². The van der Waals surface area contributed by atoms with Crippen LogP contribution in [0.4, 0.5) is 0 Å². The number of nitrogens with zero attached hydrogens (tertiary/aromatic N) is 2. The van der Waals surface area contributed by atoms with Crippen LogP contribution in [0.5, 0.6) is 5.75 Å². The van der Waals surface area contributed by atoms with Gasteiger partial charge >= 0.3 is 0 Å². The normalized spacial score (nSPS) is 22.1. The summed E-state index contributed by atoms with van der Waals surface area (Å²) in [6.07, 6.45) is 0. The minimum Gasteiger partial charge on any atom is -0.494 e. The minimum atomic E-state index is -3.39. The van der Waals surface area contributed by atoms with Gasteiger partial charge in [-0.15, -0.1) is 11.3 Å². The van der Waals surface area contributed by atoms with E-state index in [2.05, 4.69) is 4.90 Å². The average Bonchev–Trinajstić information content (AvgIpc) is 2.92. The van der Waals surface area contributed by atoms with Crippen LogP contribution in [0.25, 0.3) is 0 Å². The first kappa shape index (κ1) is 15.2. The van der Waals surface area contributed by atoms with Crippen LogP contribution >= 0.6 is 11.3 Å². The van der Waals surface area contributed by atoms with Crippen molar-refractivity contribution < 1.29 is 17.9 Å². The fraction of sp³-hybridized carbons (Fsp3) is 0.692. The van der Waals surface area contributed by atoms with Gasteiger partial charge in [0.1, 0.15) is 5.75 Å². The molecule has 21 heavy (non-hydrogen) atoms. The van der Waals surface area contributed by atoms with Gasteiger partial charge in [-0.2, -0.15) is 4.31 Å². The Morgan fingerprint density at radius 3 is 2.76 bits per heavy atom. The topological polar surface area (TPSA) is 59.1 Å². The summed E-state index contributed by atoms with van der Waals surface area (Å²) in [6.45, 7) is 5.60. The molecular formula is C13H20N2O4S2. The molecule has 6 nitrogen and oxygen atoms in total. The number of methoxy groups -OCH3 is 1. The molecule has 2 fully saturated rings. The number of ether oxygens (including phenoxy) is 2. The lowest BCUT2D eigenvalue weighted by Crippen LogP contribution is -2.54. The summed E-state index contributed by atoms with van der Waals surface area (Å²) in [5, 5.41) is 1.75. The second kappa shape index (κ2) is 6.21. The molecule has 0 unspecified atom stereocenters. The molecule has 0 N–H and O–H groups in total. The standard InChI is InChI=1S/C13H20N2O4S2/c1-18-12-2-7-20-13(12)21(16,17)15-9-11(10-15)8-14-3-5-19-6-4-14/h2,7,11H,3-6,8-10H2,1H3. The van der Waals surface area contributed by atoms with E-state index in [-0.39, 0.29) is 0 Å². The molecule has 3 rings (SSSR count). The smallest absolute Gasteiger partial charge is 0.256 e. The van der Waals surface area contributed by atoms with Gasteiger partial charge in [0.2, 0.25) is 0 Å². The Labute approximate surface area is 129 Å². The van der Waals surface area contributed by atoms with Crippen molar-refractivity contribution >= 4 is 21.4 Å². The summed E-state index contributed by atoms with van der Waals surface area (Å²) in [6, 6.07) is 1.70. The van der Waals surface area contributed by atoms with Crippen molar-refractivity contribution in [1.82, 2.24) is 9.21 Å². The Morgan fingerprint density at radius 2 is 2.10 bits per heavy atom. The molecule has 0 bridgehead atoms. The van der Waals surface area contributed by atoms with Gasteiger partial charge in [0.15, 0.2) is 4.21 Å². The SMILES string of the molecule is COc1ccsc1S(=O)(=O)N1CC(CN2CCOCC2)C1. The third kappa shape index (κ3) is 3.09. The predicted molar refractivity (Wildman–Crippen MR) is 80.4 cm³/mol. The highest BCUT2D eigenvalue weighted by molar-refractivity contribution is 7.91. The van der Waals surface area contributed by atoms with Crippen molar-refractivity contribution in [2.75, 3.05) is 53.0 Å². The summed E-state index contributed by atoms with van der Waals surface area (Å²) >= 11 is 1.21. The molecule has 0 saturated carbocycles. The number of hydrogen-bond acceptors (Lipinski definition) is 6. The largest absolute Gasteiger partial charge is 0.494 e. The lowest BCUT2D eigenvalue weighted by molar-refractivity contribution is 0.0192. The average molecular weight is 332 g/mol. The quantitative estimate of drug-likeness (QED) is 0.795. The van der Waals surface area contributed by atoms with Crippen molar-refractivity contribution in [3.05, 3.63) is 11.4 Å². The van der Waals surface area contributed by atoms with Crippen LogP contribution in [0.2, 0.25) is 0 Å². The molecule has 0 spiro atoms. The van der Waals surface area contributed by atoms with Crippen molar-refractivity contribution in [3.8, 4) is 5.75 Å². The van der Waals surface area contributed by atoms with Crippen molar-refractivity contribution in [2.45, 2.75) is 4.21 Å². The van der Waals surface area contributed by atoms with Crippen LogP contribution in [0.3, 0.4) is 0 Å². The minimum absolute atomic E-state index is 0.315. The molecule has 118 valence electrons. The van der Waals surface area contributed by atoms with E-state index in [0.717, 1.165) is 32.8 Å². The molecule has 0 amide bonds. The lowest BCUT2D eigenvalue weighted by atomic mass is 10.0. The van der Waals surface area contributed by atoms with Crippen LogP contribution in [-0.4, -0.2) is 70.7 Å². The molecule has 2 aliphatic rings. The Balaban J connectivity index is 1.57. The Morgan fingerprint density at radius 1 is 1.38 bits per heavy atom. The Bertz CT molecular complexity index is 575. The van der Waals surface area contributed by atoms with E-state index in [0.29, 0.717) is 29.0 Å². The van der Waals surface area contributed by atoms with Crippen LogP contribution in [0, 0.1) is 5.92 Å². The molecule has 1 aromatic rings. The molecule has 8 heteroatoms. The fourth-order valence-corrected chi connectivity index (χ4v) is 5.73. The molecule has 2 saturated heterocycles. The Kier molecular flexibility index (Phi) is 4.51. The first-order chi connectivity index (χ1) is 10.1. The van der Waals surface area contributed by atoms with Crippen LogP contribution in [-0.2, 0) is 14.8 Å². The van der Waals surface area contributed by atoms with Gasteiger partial charge < -0.3 is 9.47 Å². The number of rotatable bonds is 5. The second-order valence-corrected chi connectivity index (χ2v) is 8.43. The maximum absolute atomic E-state index is 12.5. The van der Waals surface area contributed by atoms with Gasteiger partial charge in [-0.1, -0.05) is 0 Å². The van der Waals surface area contributed by atoms with Crippen LogP contribution in [0.15, 0.2) is 15.7 Å². The summed E-state index contributed by atoms with van der Waals surface area (Å²) in [5.74, 6) is 0.862. The van der Waals surface area contributed by atoms with E-state index in [1.54, 1.807) is 15.8 Å². The Hall–Kier alpha value is -0.670. The number of thiophene rings is 1. The van der Waals surface area contributed by atoms with Gasteiger partial charge in [0, 0.05) is 32.7 Å². The summed E-state index contributed by atoms with van der Waals surface area (Å²) in [4.78, 5) is 2.35. The molecular weight excluding hydrogens is 312 g/mol. The highest BCUT2D eigenvalue weighted by Crippen LogP contribution is 2.35. The maximum atomic E-state index is 12.5. The predicted octanol–water partition coefficient (Wildman–Crippen LogP) is 0.709.